The van der Waals surface area contributed by atoms with Crippen molar-refractivity contribution in [3.05, 3.63) is 70.5 Å². The Kier molecular flexibility index (Phi) is 6.47. The fourth-order valence-electron chi connectivity index (χ4n) is 3.05. The first-order valence-corrected chi connectivity index (χ1v) is 9.22. The zero-order valence-corrected chi connectivity index (χ0v) is 15.4. The Morgan fingerprint density at radius 2 is 1.77 bits per heavy atom. The molecule has 1 aliphatic rings. The van der Waals surface area contributed by atoms with Gasteiger partial charge in [-0.2, -0.15) is 0 Å². The van der Waals surface area contributed by atoms with Crippen LogP contribution in [-0.4, -0.2) is 48.6 Å². The van der Waals surface area contributed by atoms with Crippen LogP contribution in [0.2, 0.25) is 5.02 Å². The molecular weight excluding hydrogens is 353 g/mol. The number of nitrogens with one attached hydrogen (secondary N) is 1. The summed E-state index contributed by atoms with van der Waals surface area (Å²) in [6, 6.07) is 14.1. The molecule has 26 heavy (non-hydrogen) atoms. The van der Waals surface area contributed by atoms with Gasteiger partial charge in [-0.05, 0) is 41.8 Å². The highest BCUT2D eigenvalue weighted by Gasteiger charge is 2.20. The lowest BCUT2D eigenvalue weighted by Gasteiger charge is -2.34. The van der Waals surface area contributed by atoms with Crippen molar-refractivity contribution in [3.63, 3.8) is 0 Å². The molecule has 0 saturated carbocycles. The number of urea groups is 1. The van der Waals surface area contributed by atoms with Crippen LogP contribution in [0.3, 0.4) is 0 Å². The molecule has 0 atom stereocenters. The summed E-state index contributed by atoms with van der Waals surface area (Å²) in [4.78, 5) is 16.5. The summed E-state index contributed by atoms with van der Waals surface area (Å²) in [5.74, 6) is -0.203. The van der Waals surface area contributed by atoms with Gasteiger partial charge in [0.15, 0.2) is 0 Å². The van der Waals surface area contributed by atoms with Crippen molar-refractivity contribution >= 4 is 17.6 Å². The maximum absolute atomic E-state index is 12.9. The van der Waals surface area contributed by atoms with E-state index < -0.39 is 0 Å². The predicted octanol–water partition coefficient (Wildman–Crippen LogP) is 3.55. The largest absolute Gasteiger partial charge is 0.334 e. The third kappa shape index (κ3) is 5.44. The van der Waals surface area contributed by atoms with Crippen molar-refractivity contribution in [2.75, 3.05) is 32.7 Å². The first kappa shape index (κ1) is 18.7. The number of piperazine rings is 1. The molecule has 4 nitrogen and oxygen atoms in total. The molecule has 0 aromatic heterocycles. The minimum absolute atomic E-state index is 0.0387. The van der Waals surface area contributed by atoms with E-state index in [1.807, 2.05) is 41.3 Å². The van der Waals surface area contributed by atoms with Gasteiger partial charge in [-0.3, -0.25) is 4.90 Å². The molecule has 3 rings (SSSR count). The minimum atomic E-state index is -0.203. The number of halogens is 2. The van der Waals surface area contributed by atoms with Gasteiger partial charge in [-0.15, -0.1) is 0 Å². The molecule has 0 aliphatic carbocycles. The van der Waals surface area contributed by atoms with E-state index in [9.17, 15) is 9.18 Å². The Balaban J connectivity index is 1.38. The molecule has 1 saturated heterocycles. The number of rotatable bonds is 5. The smallest absolute Gasteiger partial charge is 0.317 e. The van der Waals surface area contributed by atoms with Gasteiger partial charge in [0.25, 0.3) is 0 Å². The van der Waals surface area contributed by atoms with Crippen LogP contribution in [0.15, 0.2) is 48.5 Å². The van der Waals surface area contributed by atoms with Gasteiger partial charge in [0.05, 0.1) is 0 Å². The summed E-state index contributed by atoms with van der Waals surface area (Å²) in [5, 5.41) is 3.62. The van der Waals surface area contributed by atoms with Crippen LogP contribution in [-0.2, 0) is 13.0 Å². The molecule has 1 N–H and O–H groups in total. The highest BCUT2D eigenvalue weighted by Crippen LogP contribution is 2.11. The third-order valence-corrected chi connectivity index (χ3v) is 4.86. The van der Waals surface area contributed by atoms with Crippen molar-refractivity contribution in [2.24, 2.45) is 0 Å². The molecule has 1 heterocycles. The quantitative estimate of drug-likeness (QED) is 0.867. The van der Waals surface area contributed by atoms with E-state index in [0.29, 0.717) is 24.7 Å². The van der Waals surface area contributed by atoms with Gasteiger partial charge >= 0.3 is 6.03 Å². The van der Waals surface area contributed by atoms with E-state index >= 15 is 0 Å². The van der Waals surface area contributed by atoms with Crippen LogP contribution in [0.4, 0.5) is 9.18 Å². The van der Waals surface area contributed by atoms with Crippen LogP contribution >= 0.6 is 11.6 Å². The monoisotopic (exact) mass is 375 g/mol. The predicted molar refractivity (Wildman–Crippen MR) is 102 cm³/mol. The van der Waals surface area contributed by atoms with Crippen LogP contribution in [0.1, 0.15) is 11.1 Å². The van der Waals surface area contributed by atoms with Crippen molar-refractivity contribution in [1.29, 1.82) is 0 Å². The maximum atomic E-state index is 12.9. The van der Waals surface area contributed by atoms with Gasteiger partial charge in [0.1, 0.15) is 5.82 Å². The first-order chi connectivity index (χ1) is 12.6. The average molecular weight is 376 g/mol. The summed E-state index contributed by atoms with van der Waals surface area (Å²) < 4.78 is 12.9. The van der Waals surface area contributed by atoms with Gasteiger partial charge in [-0.25, -0.2) is 9.18 Å². The fraction of sp³-hybridized carbons (Fsp3) is 0.350. The molecule has 0 spiro atoms. The van der Waals surface area contributed by atoms with Gasteiger partial charge in [-0.1, -0.05) is 35.9 Å². The molecule has 138 valence electrons. The number of amides is 2. The van der Waals surface area contributed by atoms with E-state index in [2.05, 4.69) is 10.2 Å². The Hall–Kier alpha value is -2.11. The molecule has 2 aromatic carbocycles. The zero-order valence-electron chi connectivity index (χ0n) is 14.6. The van der Waals surface area contributed by atoms with E-state index in [1.165, 1.54) is 12.1 Å². The summed E-state index contributed by atoms with van der Waals surface area (Å²) in [7, 11) is 0. The molecule has 6 heteroatoms. The van der Waals surface area contributed by atoms with E-state index in [1.54, 1.807) is 0 Å². The Labute approximate surface area is 158 Å². The van der Waals surface area contributed by atoms with Crippen molar-refractivity contribution in [3.8, 4) is 0 Å². The number of hydrogen-bond donors (Lipinski definition) is 1. The highest BCUT2D eigenvalue weighted by molar-refractivity contribution is 6.30. The van der Waals surface area contributed by atoms with Crippen molar-refractivity contribution < 1.29 is 9.18 Å². The second-order valence-corrected chi connectivity index (χ2v) is 6.93. The lowest BCUT2D eigenvalue weighted by molar-refractivity contribution is 0.140. The molecule has 0 unspecified atom stereocenters. The standard InChI is InChI=1S/C20H23ClFN3O/c21-18-3-1-2-17(14-18)15-23-20(26)25-12-10-24(11-13-25)9-8-16-4-6-19(22)7-5-16/h1-7,14H,8-13,15H2,(H,23,26). The average Bonchev–Trinajstić information content (AvgIpc) is 2.66. The normalized spacial score (nSPS) is 15.1. The lowest BCUT2D eigenvalue weighted by atomic mass is 10.1. The van der Waals surface area contributed by atoms with Crippen LogP contribution in [0.5, 0.6) is 0 Å². The number of carbonyl (C=O) groups excluding carboxylic acids is 1. The van der Waals surface area contributed by atoms with E-state index in [4.69, 9.17) is 11.6 Å². The molecule has 1 fully saturated rings. The fourth-order valence-corrected chi connectivity index (χ4v) is 3.26. The Morgan fingerprint density at radius 1 is 1.04 bits per heavy atom. The second kappa shape index (κ2) is 9.01. The van der Waals surface area contributed by atoms with Gasteiger partial charge < -0.3 is 10.2 Å². The van der Waals surface area contributed by atoms with Gasteiger partial charge in [0, 0.05) is 44.3 Å². The minimum Gasteiger partial charge on any atom is -0.334 e. The summed E-state index contributed by atoms with van der Waals surface area (Å²) in [5.41, 5.74) is 2.12. The second-order valence-electron chi connectivity index (χ2n) is 6.49. The summed E-state index contributed by atoms with van der Waals surface area (Å²) >= 11 is 5.96. The Bertz CT molecular complexity index is 730. The molecule has 0 bridgehead atoms. The molecule has 2 aromatic rings. The molecular formula is C20H23ClFN3O. The van der Waals surface area contributed by atoms with Crippen molar-refractivity contribution in [1.82, 2.24) is 15.1 Å². The zero-order chi connectivity index (χ0) is 18.4. The van der Waals surface area contributed by atoms with Crippen LogP contribution in [0.25, 0.3) is 0 Å². The van der Waals surface area contributed by atoms with E-state index in [-0.39, 0.29) is 11.8 Å². The number of carbonyl (C=O) groups is 1. The topological polar surface area (TPSA) is 35.6 Å². The number of nitrogens with zero attached hydrogens (tertiary/aromatic N) is 2. The SMILES string of the molecule is O=C(NCc1cccc(Cl)c1)N1CCN(CCc2ccc(F)cc2)CC1. The summed E-state index contributed by atoms with van der Waals surface area (Å²) in [6.45, 7) is 4.53. The first-order valence-electron chi connectivity index (χ1n) is 8.84. The lowest BCUT2D eigenvalue weighted by Crippen LogP contribution is -2.51. The highest BCUT2D eigenvalue weighted by atomic mass is 35.5. The number of benzene rings is 2. The van der Waals surface area contributed by atoms with Crippen LogP contribution in [0, 0.1) is 5.82 Å². The van der Waals surface area contributed by atoms with Crippen molar-refractivity contribution in [2.45, 2.75) is 13.0 Å². The van der Waals surface area contributed by atoms with Gasteiger partial charge in [0.2, 0.25) is 0 Å². The Morgan fingerprint density at radius 3 is 2.46 bits per heavy atom. The van der Waals surface area contributed by atoms with E-state index in [0.717, 1.165) is 37.2 Å². The van der Waals surface area contributed by atoms with Crippen LogP contribution < -0.4 is 5.32 Å². The third-order valence-electron chi connectivity index (χ3n) is 4.62. The summed E-state index contributed by atoms with van der Waals surface area (Å²) in [6.07, 6.45) is 0.890. The molecule has 2 amide bonds. The molecule has 0 radical (unpaired) electrons. The maximum Gasteiger partial charge on any atom is 0.317 e. The number of hydrogen-bond acceptors (Lipinski definition) is 2. The molecule has 1 aliphatic heterocycles.